The summed E-state index contributed by atoms with van der Waals surface area (Å²) in [5.74, 6) is -1.58. The van der Waals surface area contributed by atoms with E-state index in [1.807, 2.05) is 0 Å². The Morgan fingerprint density at radius 2 is 2.00 bits per heavy atom. The van der Waals surface area contributed by atoms with Crippen molar-refractivity contribution in [2.75, 3.05) is 19.6 Å². The molecular formula is C18H24F2N2O. The van der Waals surface area contributed by atoms with Crippen LogP contribution in [0.5, 0.6) is 0 Å². The lowest BCUT2D eigenvalue weighted by atomic mass is 9.78. The van der Waals surface area contributed by atoms with Crippen LogP contribution in [0, 0.1) is 17.0 Å². The molecule has 126 valence electrons. The van der Waals surface area contributed by atoms with E-state index < -0.39 is 11.6 Å². The maximum Gasteiger partial charge on any atom is 0.230 e. The standard InChI is InChI=1S/C18H24F2N2O/c1-13(2)22-10-8-18(12-22)7-4-9-21(17(18)23)11-14-5-3-6-15(19)16(14)20/h3,5-6,13H,4,7-12H2,1-2H3. The molecule has 0 aliphatic carbocycles. The first-order chi connectivity index (χ1) is 10.9. The molecule has 0 saturated carbocycles. The van der Waals surface area contributed by atoms with E-state index in [1.165, 1.54) is 6.07 Å². The van der Waals surface area contributed by atoms with Crippen molar-refractivity contribution in [3.05, 3.63) is 35.4 Å². The first kappa shape index (κ1) is 16.4. The molecule has 0 N–H and O–H groups in total. The SMILES string of the molecule is CC(C)N1CCC2(CCCN(Cc3cccc(F)c3F)C2=O)C1. The molecule has 2 heterocycles. The third kappa shape index (κ3) is 2.99. The Kier molecular flexibility index (Phi) is 4.41. The number of piperidine rings is 1. The van der Waals surface area contributed by atoms with Crippen LogP contribution in [-0.4, -0.2) is 41.4 Å². The number of carbonyl (C=O) groups is 1. The van der Waals surface area contributed by atoms with Crippen molar-refractivity contribution in [1.29, 1.82) is 0 Å². The summed E-state index contributed by atoms with van der Waals surface area (Å²) in [6, 6.07) is 4.59. The Balaban J connectivity index is 1.77. The molecule has 2 saturated heterocycles. The van der Waals surface area contributed by atoms with Gasteiger partial charge in [-0.15, -0.1) is 0 Å². The van der Waals surface area contributed by atoms with Crippen LogP contribution < -0.4 is 0 Å². The lowest BCUT2D eigenvalue weighted by Crippen LogP contribution is -2.50. The minimum Gasteiger partial charge on any atom is -0.338 e. The molecule has 1 amide bonds. The molecule has 1 spiro atoms. The van der Waals surface area contributed by atoms with Crippen molar-refractivity contribution in [2.45, 2.75) is 45.7 Å². The van der Waals surface area contributed by atoms with Crippen LogP contribution in [0.4, 0.5) is 8.78 Å². The fraction of sp³-hybridized carbons (Fsp3) is 0.611. The lowest BCUT2D eigenvalue weighted by Gasteiger charge is -2.39. The molecule has 23 heavy (non-hydrogen) atoms. The maximum absolute atomic E-state index is 13.9. The number of likely N-dealkylation sites (tertiary alicyclic amines) is 2. The average Bonchev–Trinajstić information content (AvgIpc) is 2.94. The zero-order valence-electron chi connectivity index (χ0n) is 13.8. The molecule has 1 atom stereocenters. The van der Waals surface area contributed by atoms with Gasteiger partial charge in [-0.25, -0.2) is 8.78 Å². The third-order valence-electron chi connectivity index (χ3n) is 5.33. The highest BCUT2D eigenvalue weighted by Crippen LogP contribution is 2.41. The molecule has 2 fully saturated rings. The summed E-state index contributed by atoms with van der Waals surface area (Å²) in [5, 5.41) is 0. The van der Waals surface area contributed by atoms with Gasteiger partial charge in [-0.05, 0) is 45.7 Å². The third-order valence-corrected chi connectivity index (χ3v) is 5.33. The summed E-state index contributed by atoms with van der Waals surface area (Å²) >= 11 is 0. The van der Waals surface area contributed by atoms with E-state index in [4.69, 9.17) is 0 Å². The van der Waals surface area contributed by atoms with Gasteiger partial charge in [0.2, 0.25) is 5.91 Å². The number of carbonyl (C=O) groups excluding carboxylic acids is 1. The molecule has 0 radical (unpaired) electrons. The van der Waals surface area contributed by atoms with Gasteiger partial charge in [-0.3, -0.25) is 9.69 Å². The second-order valence-electron chi connectivity index (χ2n) is 7.14. The maximum atomic E-state index is 13.9. The second kappa shape index (κ2) is 6.19. The fourth-order valence-corrected chi connectivity index (χ4v) is 3.90. The molecule has 3 nitrogen and oxygen atoms in total. The van der Waals surface area contributed by atoms with Gasteiger partial charge in [0.25, 0.3) is 0 Å². The highest BCUT2D eigenvalue weighted by molar-refractivity contribution is 5.84. The number of benzene rings is 1. The van der Waals surface area contributed by atoms with E-state index >= 15 is 0 Å². The molecule has 0 aromatic heterocycles. The van der Waals surface area contributed by atoms with Crippen molar-refractivity contribution >= 4 is 5.91 Å². The van der Waals surface area contributed by atoms with Crippen LogP contribution >= 0.6 is 0 Å². The zero-order chi connectivity index (χ0) is 16.6. The van der Waals surface area contributed by atoms with Gasteiger partial charge in [-0.2, -0.15) is 0 Å². The number of hydrogen-bond donors (Lipinski definition) is 0. The van der Waals surface area contributed by atoms with Crippen LogP contribution in [0.3, 0.4) is 0 Å². The van der Waals surface area contributed by atoms with Gasteiger partial charge in [0.1, 0.15) is 0 Å². The Morgan fingerprint density at radius 1 is 1.22 bits per heavy atom. The van der Waals surface area contributed by atoms with Gasteiger partial charge in [-0.1, -0.05) is 12.1 Å². The number of nitrogens with zero attached hydrogens (tertiary/aromatic N) is 2. The predicted molar refractivity (Wildman–Crippen MR) is 84.8 cm³/mol. The van der Waals surface area contributed by atoms with Crippen LogP contribution in [0.15, 0.2) is 18.2 Å². The smallest absolute Gasteiger partial charge is 0.230 e. The van der Waals surface area contributed by atoms with Gasteiger partial charge < -0.3 is 4.90 Å². The molecule has 3 rings (SSSR count). The van der Waals surface area contributed by atoms with Crippen LogP contribution in [0.2, 0.25) is 0 Å². The lowest BCUT2D eigenvalue weighted by molar-refractivity contribution is -0.146. The second-order valence-corrected chi connectivity index (χ2v) is 7.14. The summed E-state index contributed by atoms with van der Waals surface area (Å²) in [6.07, 6.45) is 2.69. The first-order valence-electron chi connectivity index (χ1n) is 8.39. The Morgan fingerprint density at radius 3 is 2.70 bits per heavy atom. The van der Waals surface area contributed by atoms with E-state index in [0.29, 0.717) is 12.6 Å². The van der Waals surface area contributed by atoms with Crippen molar-refractivity contribution < 1.29 is 13.6 Å². The molecule has 1 aromatic rings. The van der Waals surface area contributed by atoms with Crippen LogP contribution in [-0.2, 0) is 11.3 Å². The van der Waals surface area contributed by atoms with Gasteiger partial charge >= 0.3 is 0 Å². The summed E-state index contributed by atoms with van der Waals surface area (Å²) < 4.78 is 27.3. The molecule has 2 aliphatic heterocycles. The molecule has 1 aromatic carbocycles. The number of halogens is 2. The minimum atomic E-state index is -0.853. The van der Waals surface area contributed by atoms with E-state index in [0.717, 1.165) is 38.4 Å². The molecule has 0 bridgehead atoms. The minimum absolute atomic E-state index is 0.107. The van der Waals surface area contributed by atoms with Crippen molar-refractivity contribution in [3.8, 4) is 0 Å². The highest BCUT2D eigenvalue weighted by atomic mass is 19.2. The monoisotopic (exact) mass is 322 g/mol. The highest BCUT2D eigenvalue weighted by Gasteiger charge is 2.48. The van der Waals surface area contributed by atoms with Gasteiger partial charge in [0.15, 0.2) is 11.6 Å². The van der Waals surface area contributed by atoms with Crippen LogP contribution in [0.1, 0.15) is 38.7 Å². The normalized spacial score (nSPS) is 25.8. The van der Waals surface area contributed by atoms with Crippen molar-refractivity contribution in [2.24, 2.45) is 5.41 Å². The van der Waals surface area contributed by atoms with E-state index in [2.05, 4.69) is 18.7 Å². The topological polar surface area (TPSA) is 23.6 Å². The Bertz CT molecular complexity index is 605. The van der Waals surface area contributed by atoms with Crippen LogP contribution in [0.25, 0.3) is 0 Å². The number of rotatable bonds is 3. The van der Waals surface area contributed by atoms with Gasteiger partial charge in [0.05, 0.1) is 5.41 Å². The Labute approximate surface area is 136 Å². The number of amides is 1. The van der Waals surface area contributed by atoms with Crippen molar-refractivity contribution in [3.63, 3.8) is 0 Å². The van der Waals surface area contributed by atoms with E-state index in [-0.39, 0.29) is 23.4 Å². The fourth-order valence-electron chi connectivity index (χ4n) is 3.90. The summed E-state index contributed by atoms with van der Waals surface area (Å²) in [4.78, 5) is 17.1. The van der Waals surface area contributed by atoms with E-state index in [9.17, 15) is 13.6 Å². The van der Waals surface area contributed by atoms with Crippen molar-refractivity contribution in [1.82, 2.24) is 9.80 Å². The largest absolute Gasteiger partial charge is 0.338 e. The summed E-state index contributed by atoms with van der Waals surface area (Å²) in [5.41, 5.74) is -0.0686. The Hall–Kier alpha value is -1.49. The first-order valence-corrected chi connectivity index (χ1v) is 8.39. The molecule has 5 heteroatoms. The summed E-state index contributed by atoms with van der Waals surface area (Å²) in [7, 11) is 0. The zero-order valence-corrected chi connectivity index (χ0v) is 13.8. The van der Waals surface area contributed by atoms with E-state index in [1.54, 1.807) is 11.0 Å². The number of hydrogen-bond acceptors (Lipinski definition) is 2. The summed E-state index contributed by atoms with van der Waals surface area (Å²) in [6.45, 7) is 6.79. The molecular weight excluding hydrogens is 298 g/mol. The van der Waals surface area contributed by atoms with Gasteiger partial charge in [0, 0.05) is 31.2 Å². The molecule has 1 unspecified atom stereocenters. The molecule has 2 aliphatic rings. The average molecular weight is 322 g/mol. The predicted octanol–water partition coefficient (Wildman–Crippen LogP) is 3.19. The quantitative estimate of drug-likeness (QED) is 0.853.